The lowest BCUT2D eigenvalue weighted by Crippen LogP contribution is -2.40. The first-order valence-electron chi connectivity index (χ1n) is 6.87. The van der Waals surface area contributed by atoms with Gasteiger partial charge in [0.15, 0.2) is 0 Å². The fourth-order valence-electron chi connectivity index (χ4n) is 3.51. The second-order valence-corrected chi connectivity index (χ2v) is 5.54. The molecule has 2 N–H and O–H groups in total. The van der Waals surface area contributed by atoms with Crippen molar-refractivity contribution in [3.8, 4) is 5.75 Å². The maximum atomic E-state index is 9.52. The summed E-state index contributed by atoms with van der Waals surface area (Å²) >= 11 is 0. The van der Waals surface area contributed by atoms with Crippen LogP contribution in [0.4, 0.5) is 0 Å². The van der Waals surface area contributed by atoms with Gasteiger partial charge in [-0.15, -0.1) is 0 Å². The molecule has 3 rings (SSSR count). The zero-order chi connectivity index (χ0) is 12.5. The van der Waals surface area contributed by atoms with Gasteiger partial charge >= 0.3 is 0 Å². The molecule has 1 aromatic carbocycles. The Morgan fingerprint density at radius 1 is 1.44 bits per heavy atom. The molecule has 0 amide bonds. The van der Waals surface area contributed by atoms with Crippen LogP contribution in [0.3, 0.4) is 0 Å². The van der Waals surface area contributed by atoms with Crippen LogP contribution in [0.25, 0.3) is 0 Å². The van der Waals surface area contributed by atoms with E-state index in [2.05, 4.69) is 11.4 Å². The van der Waals surface area contributed by atoms with Crippen LogP contribution in [0.1, 0.15) is 24.8 Å². The fraction of sp³-hybridized carbons (Fsp3) is 0.600. The standard InChI is InChI=1S/C15H21NO2/c1-16-14(8-10-3-2-4-11(17)7-10)13-9-12-5-6-15(13)18-12/h2-4,7,12-17H,5-6,8-9H2,1H3. The lowest BCUT2D eigenvalue weighted by Gasteiger charge is -2.28. The van der Waals surface area contributed by atoms with Gasteiger partial charge in [0.2, 0.25) is 0 Å². The van der Waals surface area contributed by atoms with E-state index in [0.717, 1.165) is 6.42 Å². The molecule has 4 unspecified atom stereocenters. The van der Waals surface area contributed by atoms with E-state index in [9.17, 15) is 5.11 Å². The minimum absolute atomic E-state index is 0.353. The molecule has 0 aliphatic carbocycles. The number of phenolic OH excluding ortho intramolecular Hbond substituents is 1. The Hall–Kier alpha value is -1.06. The Balaban J connectivity index is 1.69. The average Bonchev–Trinajstić information content (AvgIpc) is 2.98. The summed E-state index contributed by atoms with van der Waals surface area (Å²) in [5.74, 6) is 0.975. The van der Waals surface area contributed by atoms with Crippen LogP contribution in [-0.4, -0.2) is 30.4 Å². The SMILES string of the molecule is CNC(Cc1cccc(O)c1)C1CC2CCC1O2. The third-order valence-electron chi connectivity index (χ3n) is 4.41. The van der Waals surface area contributed by atoms with E-state index in [0.29, 0.717) is 29.9 Å². The third kappa shape index (κ3) is 2.25. The number of ether oxygens (including phenoxy) is 1. The summed E-state index contributed by atoms with van der Waals surface area (Å²) < 4.78 is 5.94. The van der Waals surface area contributed by atoms with Gasteiger partial charge in [0, 0.05) is 12.0 Å². The molecule has 2 bridgehead atoms. The number of benzene rings is 1. The molecule has 0 radical (unpaired) electrons. The molecule has 4 atom stereocenters. The molecule has 2 aliphatic heterocycles. The van der Waals surface area contributed by atoms with Crippen molar-refractivity contribution < 1.29 is 9.84 Å². The van der Waals surface area contributed by atoms with Crippen molar-refractivity contribution in [3.05, 3.63) is 29.8 Å². The van der Waals surface area contributed by atoms with Gasteiger partial charge in [0.25, 0.3) is 0 Å². The highest BCUT2D eigenvalue weighted by Gasteiger charge is 2.43. The Bertz CT molecular complexity index is 421. The van der Waals surface area contributed by atoms with Gasteiger partial charge in [0.1, 0.15) is 5.75 Å². The zero-order valence-electron chi connectivity index (χ0n) is 10.8. The second kappa shape index (κ2) is 4.90. The molecule has 0 aromatic heterocycles. The highest BCUT2D eigenvalue weighted by Crippen LogP contribution is 2.41. The van der Waals surface area contributed by atoms with E-state index >= 15 is 0 Å². The number of fused-ring (bicyclic) bond motifs is 2. The molecule has 2 aliphatic rings. The molecule has 2 fully saturated rings. The smallest absolute Gasteiger partial charge is 0.115 e. The van der Waals surface area contributed by atoms with Crippen molar-refractivity contribution in [2.45, 2.75) is 43.9 Å². The van der Waals surface area contributed by atoms with Gasteiger partial charge in [-0.05, 0) is 50.4 Å². The molecule has 18 heavy (non-hydrogen) atoms. The second-order valence-electron chi connectivity index (χ2n) is 5.54. The molecule has 3 nitrogen and oxygen atoms in total. The maximum Gasteiger partial charge on any atom is 0.115 e. The first kappa shape index (κ1) is 12.0. The minimum Gasteiger partial charge on any atom is -0.508 e. The van der Waals surface area contributed by atoms with E-state index in [-0.39, 0.29) is 0 Å². The van der Waals surface area contributed by atoms with Crippen LogP contribution in [0.5, 0.6) is 5.75 Å². The Kier molecular flexibility index (Phi) is 3.27. The Morgan fingerprint density at radius 3 is 2.94 bits per heavy atom. The predicted octanol–water partition coefficient (Wildman–Crippen LogP) is 2.09. The number of phenols is 1. The van der Waals surface area contributed by atoms with Gasteiger partial charge in [-0.2, -0.15) is 0 Å². The van der Waals surface area contributed by atoms with Gasteiger partial charge in [-0.25, -0.2) is 0 Å². The molecule has 1 aromatic rings. The summed E-state index contributed by atoms with van der Waals surface area (Å²) in [6.07, 6.45) is 5.55. The van der Waals surface area contributed by atoms with E-state index in [1.54, 1.807) is 6.07 Å². The zero-order valence-corrected chi connectivity index (χ0v) is 10.8. The average molecular weight is 247 g/mol. The molecule has 0 spiro atoms. The first-order valence-corrected chi connectivity index (χ1v) is 6.87. The Labute approximate surface area is 108 Å². The quantitative estimate of drug-likeness (QED) is 0.856. The lowest BCUT2D eigenvalue weighted by atomic mass is 9.81. The van der Waals surface area contributed by atoms with E-state index in [4.69, 9.17) is 4.74 Å². The van der Waals surface area contributed by atoms with Crippen LogP contribution in [0, 0.1) is 5.92 Å². The van der Waals surface area contributed by atoms with Crippen LogP contribution in [-0.2, 0) is 11.2 Å². The van der Waals surface area contributed by atoms with Gasteiger partial charge in [0.05, 0.1) is 12.2 Å². The predicted molar refractivity (Wildman–Crippen MR) is 70.7 cm³/mol. The topological polar surface area (TPSA) is 41.5 Å². The van der Waals surface area contributed by atoms with Crippen molar-refractivity contribution in [1.29, 1.82) is 0 Å². The highest BCUT2D eigenvalue weighted by molar-refractivity contribution is 5.28. The monoisotopic (exact) mass is 247 g/mol. The van der Waals surface area contributed by atoms with Crippen molar-refractivity contribution in [2.75, 3.05) is 7.05 Å². The molecular weight excluding hydrogens is 226 g/mol. The van der Waals surface area contributed by atoms with Gasteiger partial charge in [-0.3, -0.25) is 0 Å². The molecule has 0 saturated carbocycles. The van der Waals surface area contributed by atoms with Crippen LogP contribution >= 0.6 is 0 Å². The number of rotatable bonds is 4. The van der Waals surface area contributed by atoms with Crippen molar-refractivity contribution in [2.24, 2.45) is 5.92 Å². The Morgan fingerprint density at radius 2 is 2.33 bits per heavy atom. The largest absolute Gasteiger partial charge is 0.508 e. The number of aromatic hydroxyl groups is 1. The van der Waals surface area contributed by atoms with Gasteiger partial charge < -0.3 is 15.2 Å². The number of hydrogen-bond acceptors (Lipinski definition) is 3. The van der Waals surface area contributed by atoms with E-state index in [1.165, 1.54) is 24.8 Å². The van der Waals surface area contributed by atoms with Crippen molar-refractivity contribution in [3.63, 3.8) is 0 Å². The van der Waals surface area contributed by atoms with Crippen molar-refractivity contribution >= 4 is 0 Å². The van der Waals surface area contributed by atoms with Crippen molar-refractivity contribution in [1.82, 2.24) is 5.32 Å². The lowest BCUT2D eigenvalue weighted by molar-refractivity contribution is 0.0863. The summed E-state index contributed by atoms with van der Waals surface area (Å²) in [4.78, 5) is 0. The van der Waals surface area contributed by atoms with E-state index < -0.39 is 0 Å². The molecule has 3 heteroatoms. The van der Waals surface area contributed by atoms with Gasteiger partial charge in [-0.1, -0.05) is 12.1 Å². The molecular formula is C15H21NO2. The summed E-state index contributed by atoms with van der Waals surface area (Å²) in [5, 5.41) is 13.0. The van der Waals surface area contributed by atoms with Crippen LogP contribution in [0.15, 0.2) is 24.3 Å². The number of likely N-dealkylation sites (N-methyl/N-ethyl adjacent to an activating group) is 1. The molecule has 2 saturated heterocycles. The molecule has 98 valence electrons. The number of hydrogen-bond donors (Lipinski definition) is 2. The minimum atomic E-state index is 0.353. The van der Waals surface area contributed by atoms with E-state index in [1.807, 2.05) is 19.2 Å². The summed E-state index contributed by atoms with van der Waals surface area (Å²) in [6.45, 7) is 0. The third-order valence-corrected chi connectivity index (χ3v) is 4.41. The summed E-state index contributed by atoms with van der Waals surface area (Å²) in [5.41, 5.74) is 1.19. The normalized spacial score (nSPS) is 31.7. The highest BCUT2D eigenvalue weighted by atomic mass is 16.5. The summed E-state index contributed by atoms with van der Waals surface area (Å²) in [7, 11) is 2.03. The summed E-state index contributed by atoms with van der Waals surface area (Å²) in [6, 6.07) is 8.02. The fourth-order valence-corrected chi connectivity index (χ4v) is 3.51. The van der Waals surface area contributed by atoms with Crippen LogP contribution in [0.2, 0.25) is 0 Å². The van der Waals surface area contributed by atoms with Crippen LogP contribution < -0.4 is 5.32 Å². The molecule has 2 heterocycles. The first-order chi connectivity index (χ1) is 8.76. The number of nitrogens with one attached hydrogen (secondary N) is 1. The maximum absolute atomic E-state index is 9.52.